The molecule has 0 spiro atoms. The van der Waals surface area contributed by atoms with Crippen LogP contribution in [-0.4, -0.2) is 45.8 Å². The summed E-state index contributed by atoms with van der Waals surface area (Å²) in [5.41, 5.74) is 1.06. The molecule has 18 heteroatoms. The lowest BCUT2D eigenvalue weighted by Gasteiger charge is -2.14. The van der Waals surface area contributed by atoms with Gasteiger partial charge in [0, 0.05) is 29.9 Å². The molecule has 1 aliphatic rings. The first-order valence-corrected chi connectivity index (χ1v) is 19.4. The van der Waals surface area contributed by atoms with E-state index in [0.717, 1.165) is 6.08 Å². The molecule has 11 nitrogen and oxygen atoms in total. The van der Waals surface area contributed by atoms with Crippen LogP contribution in [0.2, 0.25) is 10.0 Å². The molecule has 5 aromatic rings. The Morgan fingerprint density at radius 1 is 1.00 bits per heavy atom. The predicted molar refractivity (Wildman–Crippen MR) is 220 cm³/mol. The molecule has 0 bridgehead atoms. The molecule has 6 rings (SSSR count). The molecule has 2 aromatic heterocycles. The van der Waals surface area contributed by atoms with Crippen LogP contribution < -0.4 is 15.4 Å². The summed E-state index contributed by atoms with van der Waals surface area (Å²) in [5.74, 6) is -1.83. The van der Waals surface area contributed by atoms with Crippen molar-refractivity contribution in [1.82, 2.24) is 20.1 Å². The SMILES string of the molecule is CC1(C)[C@H](C(=O)O[C@H](C#N)c2cccc(Oc3ccccc3)c2)[C@@H]1/C=C(\Cl)C(F)(F)F.CNC(=O)c1cc(Cl)cc(C)c1NC(=O)c1cc(Br)nn1-c1ncccc1Cl. The average molecular weight is 933 g/mol. The van der Waals surface area contributed by atoms with Crippen molar-refractivity contribution in [3.8, 4) is 23.4 Å². The molecule has 1 aliphatic carbocycles. The number of pyridine rings is 1. The number of carbonyl (C=O) groups excluding carboxylic acids is 3. The van der Waals surface area contributed by atoms with Gasteiger partial charge in [-0.05, 0) is 88.3 Å². The number of alkyl halides is 3. The number of hydrogen-bond acceptors (Lipinski definition) is 8. The van der Waals surface area contributed by atoms with Crippen molar-refractivity contribution < 1.29 is 37.0 Å². The van der Waals surface area contributed by atoms with Crippen molar-refractivity contribution in [2.24, 2.45) is 17.3 Å². The van der Waals surface area contributed by atoms with Gasteiger partial charge in [-0.3, -0.25) is 14.4 Å². The zero-order valence-corrected chi connectivity index (χ0v) is 35.3. The second kappa shape index (κ2) is 18.7. The second-order valence-electron chi connectivity index (χ2n) is 13.5. The maximum Gasteiger partial charge on any atom is 0.426 e. The molecule has 1 saturated carbocycles. The lowest BCUT2D eigenvalue weighted by atomic mass is 10.1. The van der Waals surface area contributed by atoms with E-state index in [1.165, 1.54) is 23.9 Å². The van der Waals surface area contributed by atoms with Crippen molar-refractivity contribution >= 4 is 74.2 Å². The molecule has 0 aliphatic heterocycles. The number of benzene rings is 3. The van der Waals surface area contributed by atoms with Crippen LogP contribution in [0, 0.1) is 35.5 Å². The van der Waals surface area contributed by atoms with Crippen LogP contribution in [-0.2, 0) is 9.53 Å². The summed E-state index contributed by atoms with van der Waals surface area (Å²) in [6.45, 7) is 5.05. The van der Waals surface area contributed by atoms with E-state index in [9.17, 15) is 32.8 Å². The summed E-state index contributed by atoms with van der Waals surface area (Å²) in [6, 6.07) is 25.4. The Bertz CT molecular complexity index is 2460. The number of nitrogens with one attached hydrogen (secondary N) is 2. The molecule has 3 aromatic carbocycles. The van der Waals surface area contributed by atoms with E-state index < -0.39 is 46.4 Å². The molecule has 2 amide bonds. The van der Waals surface area contributed by atoms with Gasteiger partial charge in [-0.2, -0.15) is 23.5 Å². The minimum atomic E-state index is -4.68. The van der Waals surface area contributed by atoms with E-state index in [4.69, 9.17) is 44.3 Å². The van der Waals surface area contributed by atoms with Crippen molar-refractivity contribution in [1.29, 1.82) is 5.26 Å². The maximum absolute atomic E-state index is 13.0. The molecule has 59 heavy (non-hydrogen) atoms. The number of anilines is 1. The Morgan fingerprint density at radius 3 is 2.34 bits per heavy atom. The normalized spacial score (nSPS) is 16.1. The van der Waals surface area contributed by atoms with Crippen LogP contribution in [0.25, 0.3) is 5.82 Å². The van der Waals surface area contributed by atoms with E-state index in [2.05, 4.69) is 36.6 Å². The number of hydrogen-bond donors (Lipinski definition) is 2. The molecule has 306 valence electrons. The topological polar surface area (TPSA) is 148 Å². The maximum atomic E-state index is 13.0. The number of nitrogens with zero attached hydrogens (tertiary/aromatic N) is 4. The Kier molecular flexibility index (Phi) is 14.1. The third kappa shape index (κ3) is 10.8. The molecule has 1 fully saturated rings. The van der Waals surface area contributed by atoms with Gasteiger partial charge in [0.1, 0.15) is 32.9 Å². The van der Waals surface area contributed by atoms with Crippen molar-refractivity contribution in [2.75, 3.05) is 12.4 Å². The van der Waals surface area contributed by atoms with Crippen LogP contribution in [0.15, 0.2) is 107 Å². The first-order chi connectivity index (χ1) is 27.8. The average Bonchev–Trinajstić information content (AvgIpc) is 3.50. The highest BCUT2D eigenvalue weighted by molar-refractivity contribution is 9.10. The van der Waals surface area contributed by atoms with Crippen LogP contribution >= 0.6 is 50.7 Å². The van der Waals surface area contributed by atoms with Gasteiger partial charge < -0.3 is 20.1 Å². The number of rotatable bonds is 10. The summed E-state index contributed by atoms with van der Waals surface area (Å²) in [7, 11) is 1.50. The molecule has 3 atom stereocenters. The molecule has 0 unspecified atom stereocenters. The summed E-state index contributed by atoms with van der Waals surface area (Å²) < 4.78 is 51.0. The van der Waals surface area contributed by atoms with Crippen LogP contribution in [0.4, 0.5) is 18.9 Å². The number of ether oxygens (including phenoxy) is 2. The highest BCUT2D eigenvalue weighted by Gasteiger charge is 2.62. The monoisotopic (exact) mass is 930 g/mol. The van der Waals surface area contributed by atoms with Crippen LogP contribution in [0.3, 0.4) is 0 Å². The number of para-hydroxylation sites is 1. The lowest BCUT2D eigenvalue weighted by molar-refractivity contribution is -0.149. The number of halogens is 7. The van der Waals surface area contributed by atoms with E-state index in [1.54, 1.807) is 81.6 Å². The number of aryl methyl sites for hydroxylation is 1. The van der Waals surface area contributed by atoms with Crippen LogP contribution in [0.1, 0.15) is 51.9 Å². The molecule has 0 saturated heterocycles. The summed E-state index contributed by atoms with van der Waals surface area (Å²) >= 11 is 20.8. The van der Waals surface area contributed by atoms with Crippen molar-refractivity contribution in [2.45, 2.75) is 33.1 Å². The van der Waals surface area contributed by atoms with Crippen molar-refractivity contribution in [3.63, 3.8) is 0 Å². The minimum Gasteiger partial charge on any atom is -0.457 e. The highest BCUT2D eigenvalue weighted by Crippen LogP contribution is 2.60. The first kappa shape index (κ1) is 44.7. The summed E-state index contributed by atoms with van der Waals surface area (Å²) in [6.07, 6.45) is -3.52. The zero-order valence-electron chi connectivity index (χ0n) is 31.4. The second-order valence-corrected chi connectivity index (χ2v) is 15.6. The molecular weight excluding hydrogens is 900 g/mol. The van der Waals surface area contributed by atoms with Gasteiger partial charge in [-0.15, -0.1) is 0 Å². The Hall–Kier alpha value is -5.40. The van der Waals surface area contributed by atoms with Gasteiger partial charge in [-0.1, -0.05) is 85.1 Å². The molecule has 2 N–H and O–H groups in total. The third-order valence-corrected chi connectivity index (χ3v) is 10.4. The fraction of sp³-hybridized carbons (Fsp3) is 0.220. The Balaban J connectivity index is 0.000000225. The number of nitriles is 1. The fourth-order valence-electron chi connectivity index (χ4n) is 6.02. The Labute approximate surface area is 360 Å². The number of carbonyl (C=O) groups is 3. The summed E-state index contributed by atoms with van der Waals surface area (Å²) in [4.78, 5) is 42.0. The van der Waals surface area contributed by atoms with Gasteiger partial charge in [0.05, 0.1) is 22.2 Å². The van der Waals surface area contributed by atoms with Gasteiger partial charge in [0.25, 0.3) is 11.8 Å². The van der Waals surface area contributed by atoms with E-state index in [0.29, 0.717) is 48.8 Å². The van der Waals surface area contributed by atoms with E-state index in [-0.39, 0.29) is 17.2 Å². The largest absolute Gasteiger partial charge is 0.457 e. The van der Waals surface area contributed by atoms with Crippen molar-refractivity contribution in [3.05, 3.63) is 139 Å². The highest BCUT2D eigenvalue weighted by atomic mass is 79.9. The Morgan fingerprint density at radius 2 is 1.69 bits per heavy atom. The quantitative estimate of drug-likeness (QED) is 0.132. The smallest absolute Gasteiger partial charge is 0.426 e. The summed E-state index contributed by atoms with van der Waals surface area (Å²) in [5, 5.41) is 18.5. The van der Waals surface area contributed by atoms with Gasteiger partial charge in [-0.25, -0.2) is 9.67 Å². The molecule has 0 radical (unpaired) electrons. The zero-order chi connectivity index (χ0) is 43.2. The number of allylic oxidation sites excluding steroid dienone is 2. The minimum absolute atomic E-state index is 0.185. The third-order valence-electron chi connectivity index (χ3n) is 9.11. The van der Waals surface area contributed by atoms with Gasteiger partial charge >= 0.3 is 12.1 Å². The number of esters is 1. The molecular formula is C41H33BrCl3F3N6O5. The lowest BCUT2D eigenvalue weighted by Crippen LogP contribution is -2.23. The van der Waals surface area contributed by atoms with Gasteiger partial charge in [0.15, 0.2) is 5.82 Å². The standard InChI is InChI=1S/C23H19ClF3NO3.C18H14BrCl2N5O2/c1-22(2)17(12-19(24)23(25,26)27)20(22)21(29)31-18(13-28)14-7-6-10-16(11-14)30-15-8-4-3-5-9-15;1-9-6-10(20)7-11(17(27)22-2)15(9)24-18(28)13-8-14(19)25-26(13)16-12(21)4-3-5-23-16/h3-12,17-18,20H,1-2H3;3-8H,1-2H3,(H,22,27)(H,24,28)/b19-12-;/t17-,18+,20-;/m0./s1. The number of aromatic nitrogens is 3. The fourth-order valence-corrected chi connectivity index (χ4v) is 7.01. The number of amides is 2. The molecule has 2 heterocycles. The predicted octanol–water partition coefficient (Wildman–Crippen LogP) is 10.8. The van der Waals surface area contributed by atoms with E-state index in [1.807, 2.05) is 24.3 Å². The van der Waals surface area contributed by atoms with E-state index >= 15 is 0 Å². The van der Waals surface area contributed by atoms with Crippen LogP contribution in [0.5, 0.6) is 11.5 Å². The van der Waals surface area contributed by atoms with Gasteiger partial charge in [0.2, 0.25) is 6.10 Å². The first-order valence-electron chi connectivity index (χ1n) is 17.4.